The minimum Gasteiger partial charge on any atom is -0.493 e. The van der Waals surface area contributed by atoms with Crippen molar-refractivity contribution in [3.8, 4) is 5.75 Å². The first kappa shape index (κ1) is 19.1. The highest BCUT2D eigenvalue weighted by Gasteiger charge is 2.24. The highest BCUT2D eigenvalue weighted by molar-refractivity contribution is 5.67. The van der Waals surface area contributed by atoms with E-state index in [9.17, 15) is 13.6 Å². The number of carbonyl (C=O) groups excluding carboxylic acids is 1. The summed E-state index contributed by atoms with van der Waals surface area (Å²) in [6, 6.07) is 12.6. The lowest BCUT2D eigenvalue weighted by Crippen LogP contribution is -2.53. The summed E-state index contributed by atoms with van der Waals surface area (Å²) in [6.45, 7) is 2.24. The van der Waals surface area contributed by atoms with E-state index in [-0.39, 0.29) is 31.1 Å². The third-order valence-electron chi connectivity index (χ3n) is 4.29. The van der Waals surface area contributed by atoms with Crippen LogP contribution < -0.4 is 10.1 Å². The lowest BCUT2D eigenvalue weighted by atomic mass is 10.1. The highest BCUT2D eigenvalue weighted by Crippen LogP contribution is 2.16. The van der Waals surface area contributed by atoms with Crippen LogP contribution in [0.5, 0.6) is 5.75 Å². The summed E-state index contributed by atoms with van der Waals surface area (Å²) in [5.74, 6) is -1.19. The minimum atomic E-state index is -0.673. The monoisotopic (exact) mass is 376 g/mol. The molecular formula is C20H22F2N2O3. The van der Waals surface area contributed by atoms with Crippen molar-refractivity contribution in [1.82, 2.24) is 10.2 Å². The quantitative estimate of drug-likeness (QED) is 0.840. The van der Waals surface area contributed by atoms with Crippen LogP contribution in [-0.4, -0.2) is 43.3 Å². The Balaban J connectivity index is 1.42. The van der Waals surface area contributed by atoms with Crippen LogP contribution in [0.3, 0.4) is 0 Å². The normalized spacial score (nSPS) is 16.8. The van der Waals surface area contributed by atoms with Gasteiger partial charge in [-0.25, -0.2) is 13.6 Å². The van der Waals surface area contributed by atoms with Gasteiger partial charge in [0.2, 0.25) is 0 Å². The van der Waals surface area contributed by atoms with E-state index in [2.05, 4.69) is 5.32 Å². The fourth-order valence-electron chi connectivity index (χ4n) is 2.93. The number of nitrogens with zero attached hydrogens (tertiary/aromatic N) is 1. The third-order valence-corrected chi connectivity index (χ3v) is 4.29. The standard InChI is InChI=1S/C20H22F2N2O3/c21-16-10-17(22)12-19(11-16)26-9-6-18-13-24(8-7-23-18)20(25)27-14-15-4-2-1-3-5-15/h1-5,10-12,18,23H,6-9,13-14H2. The van der Waals surface area contributed by atoms with Gasteiger partial charge in [-0.2, -0.15) is 0 Å². The highest BCUT2D eigenvalue weighted by atomic mass is 19.1. The predicted octanol–water partition coefficient (Wildman–Crippen LogP) is 3.34. The first-order valence-corrected chi connectivity index (χ1v) is 8.88. The molecule has 0 aromatic heterocycles. The molecule has 0 aliphatic carbocycles. The number of hydrogen-bond donors (Lipinski definition) is 1. The van der Waals surface area contributed by atoms with Crippen LogP contribution in [0.15, 0.2) is 48.5 Å². The average molecular weight is 376 g/mol. The Hall–Kier alpha value is -2.67. The van der Waals surface area contributed by atoms with Crippen molar-refractivity contribution in [3.05, 3.63) is 65.7 Å². The Bertz CT molecular complexity index is 738. The Morgan fingerprint density at radius 1 is 1.15 bits per heavy atom. The molecule has 1 saturated heterocycles. The molecule has 1 heterocycles. The van der Waals surface area contributed by atoms with Gasteiger partial charge in [-0.3, -0.25) is 0 Å². The third kappa shape index (κ3) is 5.92. The van der Waals surface area contributed by atoms with E-state index < -0.39 is 11.6 Å². The summed E-state index contributed by atoms with van der Waals surface area (Å²) in [5.41, 5.74) is 0.938. The lowest BCUT2D eigenvalue weighted by molar-refractivity contribution is 0.0827. The maximum Gasteiger partial charge on any atom is 0.410 e. The van der Waals surface area contributed by atoms with Crippen LogP contribution >= 0.6 is 0 Å². The van der Waals surface area contributed by atoms with E-state index >= 15 is 0 Å². The second kappa shape index (κ2) is 9.32. The molecule has 0 spiro atoms. The fraction of sp³-hybridized carbons (Fsp3) is 0.350. The molecule has 5 nitrogen and oxygen atoms in total. The molecule has 1 fully saturated rings. The number of rotatable bonds is 6. The van der Waals surface area contributed by atoms with Gasteiger partial charge in [0.1, 0.15) is 24.0 Å². The van der Waals surface area contributed by atoms with Gasteiger partial charge in [0.15, 0.2) is 0 Å². The van der Waals surface area contributed by atoms with E-state index in [0.717, 1.165) is 23.8 Å². The number of benzene rings is 2. The molecular weight excluding hydrogens is 354 g/mol. The smallest absolute Gasteiger partial charge is 0.410 e. The van der Waals surface area contributed by atoms with Crippen LogP contribution in [0.2, 0.25) is 0 Å². The van der Waals surface area contributed by atoms with Gasteiger partial charge in [0.25, 0.3) is 0 Å². The van der Waals surface area contributed by atoms with Crippen molar-refractivity contribution in [1.29, 1.82) is 0 Å². The second-order valence-corrected chi connectivity index (χ2v) is 6.38. The molecule has 1 atom stereocenters. The number of nitrogens with one attached hydrogen (secondary N) is 1. The molecule has 2 aromatic rings. The van der Waals surface area contributed by atoms with Gasteiger partial charge in [-0.05, 0) is 12.0 Å². The number of ether oxygens (including phenoxy) is 2. The van der Waals surface area contributed by atoms with E-state index in [1.807, 2.05) is 30.3 Å². The van der Waals surface area contributed by atoms with Gasteiger partial charge in [-0.1, -0.05) is 30.3 Å². The van der Waals surface area contributed by atoms with Crippen LogP contribution in [-0.2, 0) is 11.3 Å². The van der Waals surface area contributed by atoms with Gasteiger partial charge in [-0.15, -0.1) is 0 Å². The number of halogens is 2. The average Bonchev–Trinajstić information content (AvgIpc) is 2.66. The second-order valence-electron chi connectivity index (χ2n) is 6.38. The van der Waals surface area contributed by atoms with Crippen LogP contribution in [0.4, 0.5) is 13.6 Å². The molecule has 2 aromatic carbocycles. The van der Waals surface area contributed by atoms with Crippen molar-refractivity contribution in [2.45, 2.75) is 19.1 Å². The molecule has 1 amide bonds. The van der Waals surface area contributed by atoms with Gasteiger partial charge in [0.05, 0.1) is 6.61 Å². The first-order chi connectivity index (χ1) is 13.1. The Morgan fingerprint density at radius 3 is 2.63 bits per heavy atom. The van der Waals surface area contributed by atoms with Crippen molar-refractivity contribution in [3.63, 3.8) is 0 Å². The molecule has 0 radical (unpaired) electrons. The molecule has 1 N–H and O–H groups in total. The molecule has 3 rings (SSSR count). The summed E-state index contributed by atoms with van der Waals surface area (Å²) in [7, 11) is 0. The van der Waals surface area contributed by atoms with Crippen molar-refractivity contribution in [2.75, 3.05) is 26.2 Å². The number of hydrogen-bond acceptors (Lipinski definition) is 4. The first-order valence-electron chi connectivity index (χ1n) is 8.88. The van der Waals surface area contributed by atoms with Crippen LogP contribution in [0, 0.1) is 11.6 Å². The van der Waals surface area contributed by atoms with E-state index in [1.54, 1.807) is 4.90 Å². The molecule has 27 heavy (non-hydrogen) atoms. The summed E-state index contributed by atoms with van der Waals surface area (Å²) < 4.78 is 37.1. The fourth-order valence-corrected chi connectivity index (χ4v) is 2.93. The van der Waals surface area contributed by atoms with Gasteiger partial charge >= 0.3 is 6.09 Å². The van der Waals surface area contributed by atoms with Crippen molar-refractivity contribution in [2.24, 2.45) is 0 Å². The minimum absolute atomic E-state index is 0.0291. The Labute approximate surface area is 156 Å². The molecule has 1 aliphatic rings. The van der Waals surface area contributed by atoms with Gasteiger partial charge in [0, 0.05) is 43.9 Å². The predicted molar refractivity (Wildman–Crippen MR) is 96.5 cm³/mol. The SMILES string of the molecule is O=C(OCc1ccccc1)N1CCNC(CCOc2cc(F)cc(F)c2)C1. The zero-order chi connectivity index (χ0) is 19.1. The number of carbonyl (C=O) groups is 1. The molecule has 0 bridgehead atoms. The maximum absolute atomic E-state index is 13.2. The van der Waals surface area contributed by atoms with Crippen molar-refractivity contribution >= 4 is 6.09 Å². The molecule has 1 aliphatic heterocycles. The number of piperazine rings is 1. The Kier molecular flexibility index (Phi) is 6.59. The number of amides is 1. The van der Waals surface area contributed by atoms with Crippen LogP contribution in [0.1, 0.15) is 12.0 Å². The van der Waals surface area contributed by atoms with E-state index in [0.29, 0.717) is 26.1 Å². The molecule has 0 saturated carbocycles. The largest absolute Gasteiger partial charge is 0.493 e. The summed E-state index contributed by atoms with van der Waals surface area (Å²) >= 11 is 0. The van der Waals surface area contributed by atoms with E-state index in [1.165, 1.54) is 0 Å². The van der Waals surface area contributed by atoms with Crippen LogP contribution in [0.25, 0.3) is 0 Å². The Morgan fingerprint density at radius 2 is 1.89 bits per heavy atom. The lowest BCUT2D eigenvalue weighted by Gasteiger charge is -2.33. The van der Waals surface area contributed by atoms with Gasteiger partial charge < -0.3 is 19.7 Å². The zero-order valence-electron chi connectivity index (χ0n) is 14.9. The molecule has 7 heteroatoms. The zero-order valence-corrected chi connectivity index (χ0v) is 14.9. The molecule has 144 valence electrons. The summed E-state index contributed by atoms with van der Waals surface area (Å²) in [5, 5.41) is 3.31. The maximum atomic E-state index is 13.2. The summed E-state index contributed by atoms with van der Waals surface area (Å²) in [4.78, 5) is 13.9. The van der Waals surface area contributed by atoms with E-state index in [4.69, 9.17) is 9.47 Å². The topological polar surface area (TPSA) is 50.8 Å². The summed E-state index contributed by atoms with van der Waals surface area (Å²) in [6.07, 6.45) is 0.249. The van der Waals surface area contributed by atoms with Crippen molar-refractivity contribution < 1.29 is 23.0 Å². The molecule has 1 unspecified atom stereocenters.